The Labute approximate surface area is 127 Å². The molecule has 1 aromatic carbocycles. The average Bonchev–Trinajstić information content (AvgIpc) is 2.55. The molecule has 1 aromatic heterocycles. The Kier molecular flexibility index (Phi) is 5.97. The maximum Gasteiger partial charge on any atom is 0.136 e. The van der Waals surface area contributed by atoms with Crippen molar-refractivity contribution in [3.8, 4) is 11.8 Å². The summed E-state index contributed by atoms with van der Waals surface area (Å²) in [5, 5.41) is 8.22. The first-order valence-electron chi connectivity index (χ1n) is 7.75. The lowest BCUT2D eigenvalue weighted by Gasteiger charge is -2.00. The quantitative estimate of drug-likeness (QED) is 0.606. The number of benzene rings is 1. The second-order valence-electron chi connectivity index (χ2n) is 5.17. The summed E-state index contributed by atoms with van der Waals surface area (Å²) < 4.78 is 0. The predicted molar refractivity (Wildman–Crippen MR) is 87.1 cm³/mol. The van der Waals surface area contributed by atoms with Crippen molar-refractivity contribution in [1.82, 2.24) is 10.2 Å². The van der Waals surface area contributed by atoms with Crippen LogP contribution in [0.2, 0.25) is 0 Å². The largest absolute Gasteiger partial charge is 0.154 e. The highest BCUT2D eigenvalue weighted by Crippen LogP contribution is 2.08. The van der Waals surface area contributed by atoms with Gasteiger partial charge in [-0.1, -0.05) is 44.7 Å². The Morgan fingerprint density at radius 3 is 2.29 bits per heavy atom. The third-order valence-corrected chi connectivity index (χ3v) is 3.44. The van der Waals surface area contributed by atoms with E-state index in [2.05, 4.69) is 60.2 Å². The molecule has 0 fully saturated rings. The van der Waals surface area contributed by atoms with Crippen LogP contribution in [0, 0.1) is 11.8 Å². The van der Waals surface area contributed by atoms with Gasteiger partial charge in [0.05, 0.1) is 5.69 Å². The molecule has 2 aromatic rings. The molecule has 0 atom stereocenters. The number of hydrogen-bond donors (Lipinski definition) is 0. The highest BCUT2D eigenvalue weighted by Gasteiger charge is 1.94. The fourth-order valence-corrected chi connectivity index (χ4v) is 2.09. The number of rotatable bonds is 5. The zero-order chi connectivity index (χ0) is 14.9. The molecule has 0 saturated carbocycles. The molecule has 1 heterocycles. The first-order valence-corrected chi connectivity index (χ1v) is 7.75. The van der Waals surface area contributed by atoms with E-state index in [1.807, 2.05) is 12.1 Å². The highest BCUT2D eigenvalue weighted by atomic mass is 15.1. The standard InChI is InChI=1S/C19H22N2/c1-3-5-6-7-16-8-10-17(11-9-16)12-13-19-15-14-18(4-2)20-21-19/h8-11,14-15H,3-7H2,1-2H3. The van der Waals surface area contributed by atoms with Gasteiger partial charge >= 0.3 is 0 Å². The van der Waals surface area contributed by atoms with Crippen LogP contribution in [-0.4, -0.2) is 10.2 Å². The van der Waals surface area contributed by atoms with E-state index < -0.39 is 0 Å². The van der Waals surface area contributed by atoms with Gasteiger partial charge in [-0.2, -0.15) is 5.10 Å². The molecule has 108 valence electrons. The van der Waals surface area contributed by atoms with Gasteiger partial charge < -0.3 is 0 Å². The van der Waals surface area contributed by atoms with Gasteiger partial charge in [-0.05, 0) is 55.0 Å². The summed E-state index contributed by atoms with van der Waals surface area (Å²) in [5.41, 5.74) is 4.13. The van der Waals surface area contributed by atoms with E-state index in [1.165, 1.54) is 24.8 Å². The molecule has 0 spiro atoms. The second-order valence-corrected chi connectivity index (χ2v) is 5.17. The van der Waals surface area contributed by atoms with Crippen molar-refractivity contribution in [1.29, 1.82) is 0 Å². The van der Waals surface area contributed by atoms with E-state index in [1.54, 1.807) is 0 Å². The van der Waals surface area contributed by atoms with Crippen LogP contribution in [0.1, 0.15) is 55.6 Å². The van der Waals surface area contributed by atoms with Crippen LogP contribution in [0.3, 0.4) is 0 Å². The van der Waals surface area contributed by atoms with Gasteiger partial charge in [0.15, 0.2) is 0 Å². The number of aryl methyl sites for hydroxylation is 2. The fraction of sp³-hybridized carbons (Fsp3) is 0.368. The lowest BCUT2D eigenvalue weighted by atomic mass is 10.1. The first kappa shape index (κ1) is 15.3. The van der Waals surface area contributed by atoms with Gasteiger partial charge in [0, 0.05) is 5.56 Å². The summed E-state index contributed by atoms with van der Waals surface area (Å²) in [5.74, 6) is 6.20. The van der Waals surface area contributed by atoms with E-state index in [0.29, 0.717) is 0 Å². The summed E-state index contributed by atoms with van der Waals surface area (Å²) in [7, 11) is 0. The van der Waals surface area contributed by atoms with Crippen molar-refractivity contribution < 1.29 is 0 Å². The van der Waals surface area contributed by atoms with E-state index in [0.717, 1.165) is 29.8 Å². The Balaban J connectivity index is 1.98. The number of unbranched alkanes of at least 4 members (excludes halogenated alkanes) is 2. The van der Waals surface area contributed by atoms with Crippen molar-refractivity contribution in [2.45, 2.75) is 46.0 Å². The minimum absolute atomic E-state index is 0.722. The van der Waals surface area contributed by atoms with Gasteiger partial charge in [-0.15, -0.1) is 5.10 Å². The first-order chi connectivity index (χ1) is 10.3. The molecular formula is C19H22N2. The Hall–Kier alpha value is -2.14. The molecule has 0 radical (unpaired) electrons. The smallest absolute Gasteiger partial charge is 0.136 e. The van der Waals surface area contributed by atoms with Crippen molar-refractivity contribution >= 4 is 0 Å². The lowest BCUT2D eigenvalue weighted by Crippen LogP contribution is -1.92. The second kappa shape index (κ2) is 8.21. The molecule has 0 unspecified atom stereocenters. The molecule has 2 rings (SSSR count). The maximum absolute atomic E-state index is 4.11. The van der Waals surface area contributed by atoms with Crippen molar-refractivity contribution in [2.24, 2.45) is 0 Å². The summed E-state index contributed by atoms with van der Waals surface area (Å²) in [6.45, 7) is 4.30. The molecule has 21 heavy (non-hydrogen) atoms. The number of nitrogens with zero attached hydrogens (tertiary/aromatic N) is 2. The molecule has 0 aliphatic carbocycles. The summed E-state index contributed by atoms with van der Waals surface area (Å²) >= 11 is 0. The van der Waals surface area contributed by atoms with Crippen LogP contribution in [0.25, 0.3) is 0 Å². The summed E-state index contributed by atoms with van der Waals surface area (Å²) in [6.07, 6.45) is 5.89. The zero-order valence-electron chi connectivity index (χ0n) is 12.9. The predicted octanol–water partition coefficient (Wildman–Crippen LogP) is 4.17. The highest BCUT2D eigenvalue weighted by molar-refractivity contribution is 5.40. The monoisotopic (exact) mass is 278 g/mol. The van der Waals surface area contributed by atoms with Crippen LogP contribution in [0.15, 0.2) is 36.4 Å². The molecule has 0 bridgehead atoms. The number of hydrogen-bond acceptors (Lipinski definition) is 2. The number of aromatic nitrogens is 2. The molecule has 0 aliphatic rings. The fourth-order valence-electron chi connectivity index (χ4n) is 2.09. The van der Waals surface area contributed by atoms with Gasteiger partial charge in [0.1, 0.15) is 5.69 Å². The van der Waals surface area contributed by atoms with Crippen molar-refractivity contribution in [3.05, 3.63) is 58.9 Å². The summed E-state index contributed by atoms with van der Waals surface area (Å²) in [6, 6.07) is 12.4. The van der Waals surface area contributed by atoms with Crippen LogP contribution < -0.4 is 0 Å². The minimum atomic E-state index is 0.722. The van der Waals surface area contributed by atoms with Crippen LogP contribution >= 0.6 is 0 Å². The van der Waals surface area contributed by atoms with Crippen molar-refractivity contribution in [3.63, 3.8) is 0 Å². The summed E-state index contributed by atoms with van der Waals surface area (Å²) in [4.78, 5) is 0. The van der Waals surface area contributed by atoms with E-state index >= 15 is 0 Å². The SMILES string of the molecule is CCCCCc1ccc(C#Cc2ccc(CC)nn2)cc1. The van der Waals surface area contributed by atoms with Gasteiger partial charge in [-0.25, -0.2) is 0 Å². The lowest BCUT2D eigenvalue weighted by molar-refractivity contribution is 0.717. The third-order valence-electron chi connectivity index (χ3n) is 3.44. The molecule has 2 nitrogen and oxygen atoms in total. The van der Waals surface area contributed by atoms with E-state index in [9.17, 15) is 0 Å². The van der Waals surface area contributed by atoms with Gasteiger partial charge in [0.25, 0.3) is 0 Å². The molecule has 0 saturated heterocycles. The Morgan fingerprint density at radius 1 is 0.857 bits per heavy atom. The Bertz CT molecular complexity index is 601. The topological polar surface area (TPSA) is 25.8 Å². The third kappa shape index (κ3) is 5.04. The Morgan fingerprint density at radius 2 is 1.67 bits per heavy atom. The molecule has 2 heteroatoms. The zero-order valence-corrected chi connectivity index (χ0v) is 12.9. The van der Waals surface area contributed by atoms with E-state index in [-0.39, 0.29) is 0 Å². The average molecular weight is 278 g/mol. The molecule has 0 N–H and O–H groups in total. The van der Waals surface area contributed by atoms with Crippen LogP contribution in [-0.2, 0) is 12.8 Å². The molecule has 0 amide bonds. The normalized spacial score (nSPS) is 10.0. The van der Waals surface area contributed by atoms with E-state index in [4.69, 9.17) is 0 Å². The van der Waals surface area contributed by atoms with Crippen LogP contribution in [0.4, 0.5) is 0 Å². The van der Waals surface area contributed by atoms with Gasteiger partial charge in [0.2, 0.25) is 0 Å². The maximum atomic E-state index is 4.11. The minimum Gasteiger partial charge on any atom is -0.154 e. The molecular weight excluding hydrogens is 256 g/mol. The van der Waals surface area contributed by atoms with Crippen LogP contribution in [0.5, 0.6) is 0 Å². The van der Waals surface area contributed by atoms with Crippen molar-refractivity contribution in [2.75, 3.05) is 0 Å². The van der Waals surface area contributed by atoms with Gasteiger partial charge in [-0.3, -0.25) is 0 Å². The molecule has 0 aliphatic heterocycles.